The van der Waals surface area contributed by atoms with E-state index in [1.165, 1.54) is 0 Å². The van der Waals surface area contributed by atoms with E-state index in [4.69, 9.17) is 5.73 Å². The molecule has 3 N–H and O–H groups in total. The van der Waals surface area contributed by atoms with Crippen molar-refractivity contribution >= 4 is 11.0 Å². The highest BCUT2D eigenvalue weighted by Gasteiger charge is 2.08. The molecule has 3 aromatic rings. The van der Waals surface area contributed by atoms with Crippen LogP contribution in [0.15, 0.2) is 30.7 Å². The molecule has 2 heterocycles. The quantitative estimate of drug-likeness (QED) is 0.729. The number of benzene rings is 1. The van der Waals surface area contributed by atoms with Crippen molar-refractivity contribution in [2.45, 2.75) is 6.42 Å². The lowest BCUT2D eigenvalue weighted by Gasteiger charge is -2.05. The number of nitrogens with two attached hydrogens (primary N) is 1. The van der Waals surface area contributed by atoms with Crippen molar-refractivity contribution in [2.24, 2.45) is 12.8 Å². The molecule has 0 saturated heterocycles. The van der Waals surface area contributed by atoms with Crippen LogP contribution in [0.25, 0.3) is 22.3 Å². The topological polar surface area (TPSA) is 72.5 Å². The smallest absolute Gasteiger partial charge is 0.110 e. The summed E-state index contributed by atoms with van der Waals surface area (Å²) in [7, 11) is 2.02. The molecule has 3 rings (SSSR count). The van der Waals surface area contributed by atoms with E-state index in [0.29, 0.717) is 6.54 Å². The van der Waals surface area contributed by atoms with Gasteiger partial charge in [-0.3, -0.25) is 0 Å². The van der Waals surface area contributed by atoms with E-state index in [-0.39, 0.29) is 0 Å². The van der Waals surface area contributed by atoms with Gasteiger partial charge in [-0.1, -0.05) is 6.07 Å². The molecule has 0 fully saturated rings. The standard InChI is InChI=1S/C13H15N5/c1-18-12(7-15-13(18)4-5-14)9-2-3-10-11(6-9)17-8-16-10/h2-3,6-8H,4-5,14H2,1H3,(H,16,17). The van der Waals surface area contributed by atoms with E-state index < -0.39 is 0 Å². The summed E-state index contributed by atoms with van der Waals surface area (Å²) in [6.45, 7) is 0.615. The van der Waals surface area contributed by atoms with Crippen LogP contribution in [-0.2, 0) is 13.5 Å². The number of nitrogens with zero attached hydrogens (tertiary/aromatic N) is 3. The molecule has 0 bridgehead atoms. The molecule has 0 aliphatic heterocycles. The second kappa shape index (κ2) is 4.27. The number of H-pyrrole nitrogens is 1. The number of nitrogens with one attached hydrogen (secondary N) is 1. The van der Waals surface area contributed by atoms with Gasteiger partial charge in [0.1, 0.15) is 5.82 Å². The minimum atomic E-state index is 0.615. The van der Waals surface area contributed by atoms with E-state index in [0.717, 1.165) is 34.5 Å². The first-order chi connectivity index (χ1) is 8.79. The maximum atomic E-state index is 5.57. The summed E-state index contributed by atoms with van der Waals surface area (Å²) in [5.41, 5.74) is 9.80. The Bertz CT molecular complexity index is 680. The molecule has 0 unspecified atom stereocenters. The van der Waals surface area contributed by atoms with Crippen molar-refractivity contribution < 1.29 is 0 Å². The Labute approximate surface area is 105 Å². The molecule has 0 aliphatic carbocycles. The van der Waals surface area contributed by atoms with Gasteiger partial charge in [-0.25, -0.2) is 9.97 Å². The van der Waals surface area contributed by atoms with Crippen molar-refractivity contribution in [3.63, 3.8) is 0 Å². The van der Waals surface area contributed by atoms with Gasteiger partial charge in [0.05, 0.1) is 29.3 Å². The summed E-state index contributed by atoms with van der Waals surface area (Å²) >= 11 is 0. The lowest BCUT2D eigenvalue weighted by Crippen LogP contribution is -2.08. The van der Waals surface area contributed by atoms with Gasteiger partial charge < -0.3 is 15.3 Å². The van der Waals surface area contributed by atoms with Gasteiger partial charge in [-0.15, -0.1) is 0 Å². The monoisotopic (exact) mass is 241 g/mol. The van der Waals surface area contributed by atoms with Gasteiger partial charge in [-0.2, -0.15) is 0 Å². The second-order valence-electron chi connectivity index (χ2n) is 4.29. The largest absolute Gasteiger partial charge is 0.345 e. The van der Waals surface area contributed by atoms with Crippen LogP contribution < -0.4 is 5.73 Å². The van der Waals surface area contributed by atoms with Gasteiger partial charge in [0.2, 0.25) is 0 Å². The molecular weight excluding hydrogens is 226 g/mol. The maximum absolute atomic E-state index is 5.57. The Morgan fingerprint density at radius 1 is 1.33 bits per heavy atom. The minimum absolute atomic E-state index is 0.615. The third-order valence-corrected chi connectivity index (χ3v) is 3.17. The number of hydrogen-bond acceptors (Lipinski definition) is 3. The maximum Gasteiger partial charge on any atom is 0.110 e. The molecule has 0 amide bonds. The molecular formula is C13H15N5. The Hall–Kier alpha value is -2.14. The van der Waals surface area contributed by atoms with Crippen LogP contribution in [0.4, 0.5) is 0 Å². The molecule has 5 nitrogen and oxygen atoms in total. The van der Waals surface area contributed by atoms with Crippen molar-refractivity contribution in [3.05, 3.63) is 36.5 Å². The van der Waals surface area contributed by atoms with Crippen LogP contribution >= 0.6 is 0 Å². The van der Waals surface area contributed by atoms with E-state index in [1.54, 1.807) is 6.33 Å². The first-order valence-corrected chi connectivity index (χ1v) is 5.94. The normalized spacial score (nSPS) is 11.2. The number of aromatic amines is 1. The molecule has 0 atom stereocenters. The average molecular weight is 241 g/mol. The van der Waals surface area contributed by atoms with E-state index in [1.807, 2.05) is 19.3 Å². The first-order valence-electron chi connectivity index (χ1n) is 5.94. The Morgan fingerprint density at radius 2 is 2.22 bits per heavy atom. The van der Waals surface area contributed by atoms with Gasteiger partial charge in [0, 0.05) is 19.0 Å². The van der Waals surface area contributed by atoms with Crippen molar-refractivity contribution in [1.29, 1.82) is 0 Å². The van der Waals surface area contributed by atoms with Crippen LogP contribution in [0.1, 0.15) is 5.82 Å². The fraction of sp³-hybridized carbons (Fsp3) is 0.231. The summed E-state index contributed by atoms with van der Waals surface area (Å²) in [6, 6.07) is 6.16. The highest BCUT2D eigenvalue weighted by molar-refractivity contribution is 5.80. The van der Waals surface area contributed by atoms with Crippen molar-refractivity contribution in [2.75, 3.05) is 6.54 Å². The first kappa shape index (κ1) is 11.0. The lowest BCUT2D eigenvalue weighted by atomic mass is 10.1. The third-order valence-electron chi connectivity index (χ3n) is 3.17. The van der Waals surface area contributed by atoms with Gasteiger partial charge >= 0.3 is 0 Å². The van der Waals surface area contributed by atoms with Crippen LogP contribution in [0.3, 0.4) is 0 Å². The van der Waals surface area contributed by atoms with E-state index in [2.05, 4.69) is 31.7 Å². The summed E-state index contributed by atoms with van der Waals surface area (Å²) in [4.78, 5) is 11.7. The zero-order chi connectivity index (χ0) is 12.5. The fourth-order valence-electron chi connectivity index (χ4n) is 2.17. The molecule has 18 heavy (non-hydrogen) atoms. The fourth-order valence-corrected chi connectivity index (χ4v) is 2.17. The molecule has 0 aliphatic rings. The van der Waals surface area contributed by atoms with Crippen LogP contribution in [-0.4, -0.2) is 26.1 Å². The predicted octanol–water partition coefficient (Wildman–Crippen LogP) is 1.46. The number of aromatic nitrogens is 4. The summed E-state index contributed by atoms with van der Waals surface area (Å²) in [6.07, 6.45) is 4.39. The molecule has 92 valence electrons. The van der Waals surface area contributed by atoms with Crippen LogP contribution in [0.5, 0.6) is 0 Å². The van der Waals surface area contributed by atoms with Gasteiger partial charge in [0.25, 0.3) is 0 Å². The zero-order valence-electron chi connectivity index (χ0n) is 10.2. The van der Waals surface area contributed by atoms with Gasteiger partial charge in [-0.05, 0) is 18.7 Å². The highest BCUT2D eigenvalue weighted by Crippen LogP contribution is 2.23. The Morgan fingerprint density at radius 3 is 3.06 bits per heavy atom. The average Bonchev–Trinajstić information content (AvgIpc) is 2.97. The molecule has 2 aromatic heterocycles. The Kier molecular flexibility index (Phi) is 2.60. The summed E-state index contributed by atoms with van der Waals surface area (Å²) < 4.78 is 2.09. The predicted molar refractivity (Wildman–Crippen MR) is 71.1 cm³/mol. The Balaban J connectivity index is 2.07. The third kappa shape index (κ3) is 1.69. The molecule has 0 spiro atoms. The number of imidazole rings is 2. The SMILES string of the molecule is Cn1c(-c2ccc3nc[nH]c3c2)cnc1CCN. The molecule has 5 heteroatoms. The number of fused-ring (bicyclic) bond motifs is 1. The highest BCUT2D eigenvalue weighted by atomic mass is 15.1. The van der Waals surface area contributed by atoms with Crippen LogP contribution in [0, 0.1) is 0 Å². The van der Waals surface area contributed by atoms with E-state index in [9.17, 15) is 0 Å². The zero-order valence-corrected chi connectivity index (χ0v) is 10.2. The summed E-state index contributed by atoms with van der Waals surface area (Å²) in [5.74, 6) is 1.01. The van der Waals surface area contributed by atoms with Crippen molar-refractivity contribution in [3.8, 4) is 11.3 Å². The molecule has 0 saturated carbocycles. The summed E-state index contributed by atoms with van der Waals surface area (Å²) in [5, 5.41) is 0. The number of hydrogen-bond donors (Lipinski definition) is 2. The minimum Gasteiger partial charge on any atom is -0.345 e. The van der Waals surface area contributed by atoms with Crippen molar-refractivity contribution in [1.82, 2.24) is 19.5 Å². The molecule has 0 radical (unpaired) electrons. The number of rotatable bonds is 3. The van der Waals surface area contributed by atoms with E-state index >= 15 is 0 Å². The lowest BCUT2D eigenvalue weighted by molar-refractivity contribution is 0.782. The second-order valence-corrected chi connectivity index (χ2v) is 4.29. The van der Waals surface area contributed by atoms with Gasteiger partial charge in [0.15, 0.2) is 0 Å². The van der Waals surface area contributed by atoms with Crippen LogP contribution in [0.2, 0.25) is 0 Å². The molecule has 1 aromatic carbocycles.